The van der Waals surface area contributed by atoms with Gasteiger partial charge in [0.2, 0.25) is 0 Å². The molecule has 1 nitrogen and oxygen atoms in total. The number of allylic oxidation sites excluding steroid dienone is 1. The molecule has 0 fully saturated rings. The summed E-state index contributed by atoms with van der Waals surface area (Å²) >= 11 is 0. The summed E-state index contributed by atoms with van der Waals surface area (Å²) in [5.74, 6) is -0.0262. The molecule has 0 spiro atoms. The molecule has 0 aliphatic carbocycles. The van der Waals surface area contributed by atoms with Crippen molar-refractivity contribution in [3.05, 3.63) is 35.2 Å². The van der Waals surface area contributed by atoms with Gasteiger partial charge >= 0.3 is 6.18 Å². The van der Waals surface area contributed by atoms with E-state index >= 15 is 0 Å². The number of hydrogen-bond acceptors (Lipinski definition) is 1. The van der Waals surface area contributed by atoms with Crippen molar-refractivity contribution in [1.82, 2.24) is 4.98 Å². The number of pyridine rings is 1. The van der Waals surface area contributed by atoms with Gasteiger partial charge in [0, 0.05) is 17.5 Å². The maximum atomic E-state index is 13.1. The van der Waals surface area contributed by atoms with Crippen LogP contribution in [-0.4, -0.2) is 4.98 Å². The number of halogens is 3. The minimum atomic E-state index is -4.36. The predicted molar refractivity (Wildman–Crippen MR) is 71.8 cm³/mol. The van der Waals surface area contributed by atoms with E-state index in [1.54, 1.807) is 6.08 Å². The molecule has 19 heavy (non-hydrogen) atoms. The van der Waals surface area contributed by atoms with Crippen molar-refractivity contribution >= 4 is 6.08 Å². The van der Waals surface area contributed by atoms with Gasteiger partial charge in [0.25, 0.3) is 0 Å². The second-order valence-electron chi connectivity index (χ2n) is 6.05. The molecule has 0 unspecified atom stereocenters. The van der Waals surface area contributed by atoms with Crippen LogP contribution < -0.4 is 0 Å². The zero-order chi connectivity index (χ0) is 14.8. The lowest BCUT2D eigenvalue weighted by molar-refractivity contribution is -0.137. The monoisotopic (exact) mass is 271 g/mol. The van der Waals surface area contributed by atoms with Crippen molar-refractivity contribution in [2.75, 3.05) is 0 Å². The van der Waals surface area contributed by atoms with Crippen LogP contribution in [0.2, 0.25) is 0 Å². The number of nitrogens with zero attached hydrogens (tertiary/aromatic N) is 1. The summed E-state index contributed by atoms with van der Waals surface area (Å²) in [7, 11) is 0. The Morgan fingerprint density at radius 3 is 2.16 bits per heavy atom. The van der Waals surface area contributed by atoms with Gasteiger partial charge in [-0.15, -0.1) is 0 Å². The van der Waals surface area contributed by atoms with Crippen LogP contribution in [0.4, 0.5) is 13.2 Å². The van der Waals surface area contributed by atoms with Gasteiger partial charge in [0.1, 0.15) is 0 Å². The normalized spacial score (nSPS) is 13.5. The molecule has 0 aliphatic rings. The first-order valence-electron chi connectivity index (χ1n) is 6.27. The van der Waals surface area contributed by atoms with E-state index in [1.807, 2.05) is 34.6 Å². The van der Waals surface area contributed by atoms with E-state index in [1.165, 1.54) is 12.3 Å². The lowest BCUT2D eigenvalue weighted by Gasteiger charge is -2.15. The van der Waals surface area contributed by atoms with Gasteiger partial charge < -0.3 is 0 Å². The first-order chi connectivity index (χ1) is 8.50. The van der Waals surface area contributed by atoms with Crippen LogP contribution in [0.3, 0.4) is 0 Å². The number of rotatable bonds is 2. The Labute approximate surface area is 112 Å². The van der Waals surface area contributed by atoms with E-state index < -0.39 is 11.7 Å². The van der Waals surface area contributed by atoms with Crippen LogP contribution >= 0.6 is 0 Å². The molecule has 0 aliphatic heterocycles. The highest BCUT2D eigenvalue weighted by molar-refractivity contribution is 5.54. The summed E-state index contributed by atoms with van der Waals surface area (Å²) in [6, 6.07) is 1.15. The van der Waals surface area contributed by atoms with Gasteiger partial charge in [-0.1, -0.05) is 46.8 Å². The Morgan fingerprint density at radius 1 is 1.16 bits per heavy atom. The fourth-order valence-electron chi connectivity index (χ4n) is 1.52. The van der Waals surface area contributed by atoms with E-state index in [2.05, 4.69) is 4.98 Å². The van der Waals surface area contributed by atoms with Crippen LogP contribution in [-0.2, 0) is 6.18 Å². The van der Waals surface area contributed by atoms with E-state index in [0.29, 0.717) is 5.69 Å². The Balaban J connectivity index is 3.29. The lowest BCUT2D eigenvalue weighted by Crippen LogP contribution is -2.10. The molecule has 1 aromatic heterocycles. The maximum Gasteiger partial charge on any atom is 0.417 e. The van der Waals surface area contributed by atoms with Crippen LogP contribution in [0.25, 0.3) is 6.08 Å². The predicted octanol–water partition coefficient (Wildman–Crippen LogP) is 5.28. The third-order valence-corrected chi connectivity index (χ3v) is 2.62. The van der Waals surface area contributed by atoms with E-state index in [4.69, 9.17) is 0 Å². The zero-order valence-corrected chi connectivity index (χ0v) is 12.0. The SMILES string of the molecule is CC(C)c1cc(C(F)(F)F)c(C=CC(C)(C)C)cn1. The number of hydrogen-bond donors (Lipinski definition) is 0. The summed E-state index contributed by atoms with van der Waals surface area (Å²) in [4.78, 5) is 4.10. The second kappa shape index (κ2) is 5.35. The molecule has 0 saturated carbocycles. The largest absolute Gasteiger partial charge is 0.417 e. The van der Waals surface area contributed by atoms with Gasteiger partial charge in [-0.25, -0.2) is 0 Å². The van der Waals surface area contributed by atoms with Crippen molar-refractivity contribution in [3.8, 4) is 0 Å². The topological polar surface area (TPSA) is 12.9 Å². The first-order valence-corrected chi connectivity index (χ1v) is 6.27. The first kappa shape index (κ1) is 15.7. The lowest BCUT2D eigenvalue weighted by atomic mass is 9.94. The van der Waals surface area contributed by atoms with Crippen LogP contribution in [0.1, 0.15) is 57.4 Å². The van der Waals surface area contributed by atoms with Crippen LogP contribution in [0, 0.1) is 5.41 Å². The van der Waals surface area contributed by atoms with Crippen molar-refractivity contribution in [2.45, 2.75) is 46.7 Å². The molecule has 1 aromatic rings. The van der Waals surface area contributed by atoms with Crippen molar-refractivity contribution < 1.29 is 13.2 Å². The van der Waals surface area contributed by atoms with E-state index in [-0.39, 0.29) is 16.9 Å². The molecule has 0 aromatic carbocycles. The van der Waals surface area contributed by atoms with Crippen molar-refractivity contribution in [1.29, 1.82) is 0 Å². The highest BCUT2D eigenvalue weighted by Crippen LogP contribution is 2.34. The highest BCUT2D eigenvalue weighted by atomic mass is 19.4. The summed E-state index contributed by atoms with van der Waals surface area (Å²) in [5.41, 5.74) is -0.210. The zero-order valence-electron chi connectivity index (χ0n) is 12.0. The number of aromatic nitrogens is 1. The quantitative estimate of drug-likeness (QED) is 0.712. The van der Waals surface area contributed by atoms with Gasteiger partial charge in [0.15, 0.2) is 0 Å². The van der Waals surface area contributed by atoms with Crippen LogP contribution in [0.15, 0.2) is 18.3 Å². The van der Waals surface area contributed by atoms with Gasteiger partial charge in [-0.2, -0.15) is 13.2 Å². The smallest absolute Gasteiger partial charge is 0.260 e. The minimum absolute atomic E-state index is 0.0262. The van der Waals surface area contributed by atoms with Crippen LogP contribution in [0.5, 0.6) is 0 Å². The molecule has 106 valence electrons. The summed E-state index contributed by atoms with van der Waals surface area (Å²) in [6.07, 6.45) is 0.207. The molecular formula is C15H20F3N. The summed E-state index contributed by atoms with van der Waals surface area (Å²) in [5, 5.41) is 0. The second-order valence-corrected chi connectivity index (χ2v) is 6.05. The fraction of sp³-hybridized carbons (Fsp3) is 0.533. The molecule has 0 saturated heterocycles. The Bertz CT molecular complexity index is 465. The average molecular weight is 271 g/mol. The molecule has 0 amide bonds. The molecule has 0 N–H and O–H groups in total. The maximum absolute atomic E-state index is 13.1. The highest BCUT2D eigenvalue weighted by Gasteiger charge is 2.33. The summed E-state index contributed by atoms with van der Waals surface area (Å²) in [6.45, 7) is 9.46. The molecular weight excluding hydrogens is 251 g/mol. The van der Waals surface area contributed by atoms with Gasteiger partial charge in [-0.05, 0) is 17.4 Å². The molecule has 0 radical (unpaired) electrons. The third-order valence-electron chi connectivity index (χ3n) is 2.62. The molecule has 0 bridgehead atoms. The summed E-state index contributed by atoms with van der Waals surface area (Å²) < 4.78 is 39.2. The van der Waals surface area contributed by atoms with Gasteiger partial charge in [0.05, 0.1) is 5.56 Å². The fourth-order valence-corrected chi connectivity index (χ4v) is 1.52. The Hall–Kier alpha value is -1.32. The molecule has 0 atom stereocenters. The standard InChI is InChI=1S/C15H20F3N/c1-10(2)13-8-12(15(16,17)18)11(9-19-13)6-7-14(3,4)5/h6-10H,1-5H3. The van der Waals surface area contributed by atoms with Gasteiger partial charge in [-0.3, -0.25) is 4.98 Å². The minimum Gasteiger partial charge on any atom is -0.260 e. The van der Waals surface area contributed by atoms with Crippen molar-refractivity contribution in [2.24, 2.45) is 5.41 Å². The Kier molecular flexibility index (Phi) is 4.43. The average Bonchev–Trinajstić information content (AvgIpc) is 2.23. The number of alkyl halides is 3. The molecule has 1 rings (SSSR count). The van der Waals surface area contributed by atoms with E-state index in [9.17, 15) is 13.2 Å². The van der Waals surface area contributed by atoms with Crippen molar-refractivity contribution in [3.63, 3.8) is 0 Å². The molecule has 1 heterocycles. The third kappa shape index (κ3) is 4.69. The Morgan fingerprint density at radius 2 is 1.74 bits per heavy atom. The van der Waals surface area contributed by atoms with E-state index in [0.717, 1.165) is 6.07 Å². The molecule has 4 heteroatoms.